The van der Waals surface area contributed by atoms with E-state index in [1.165, 1.54) is 0 Å². The molecule has 0 aliphatic carbocycles. The molecule has 0 radical (unpaired) electrons. The van der Waals surface area contributed by atoms with Crippen LogP contribution >= 0.6 is 11.3 Å². The van der Waals surface area contributed by atoms with E-state index in [4.69, 9.17) is 0 Å². The maximum absolute atomic E-state index is 12.7. The van der Waals surface area contributed by atoms with Crippen LogP contribution in [-0.4, -0.2) is 46.4 Å². The minimum Gasteiger partial charge on any atom is -0.363 e. The summed E-state index contributed by atoms with van der Waals surface area (Å²) in [5, 5.41) is 2.97. The molecule has 0 aromatic carbocycles. The highest BCUT2D eigenvalue weighted by Gasteiger charge is 2.31. The molecule has 1 fully saturated rings. The number of hydrogen-bond acceptors (Lipinski definition) is 6. The zero-order valence-electron chi connectivity index (χ0n) is 14.6. The lowest BCUT2D eigenvalue weighted by molar-refractivity contribution is -0.131. The number of hydrogen-bond donors (Lipinski definition) is 0. The molecule has 1 saturated heterocycles. The van der Waals surface area contributed by atoms with E-state index in [2.05, 4.69) is 15.0 Å². The maximum Gasteiger partial charge on any atom is 0.229 e. The first-order valence-corrected chi connectivity index (χ1v) is 9.05. The molecule has 0 bridgehead atoms. The molecule has 0 spiro atoms. The van der Waals surface area contributed by atoms with E-state index in [1.807, 2.05) is 49.2 Å². The summed E-state index contributed by atoms with van der Waals surface area (Å²) < 4.78 is 0. The molecular formula is C17H23N5OS. The summed E-state index contributed by atoms with van der Waals surface area (Å²) >= 11 is 1.59. The average Bonchev–Trinajstić information content (AvgIpc) is 3.15. The second-order valence-corrected chi connectivity index (χ2v) is 7.43. The number of rotatable bonds is 4. The molecule has 6 nitrogen and oxygen atoms in total. The van der Waals surface area contributed by atoms with Crippen molar-refractivity contribution in [3.8, 4) is 0 Å². The minimum absolute atomic E-state index is 0.0395. The lowest BCUT2D eigenvalue weighted by Gasteiger charge is -2.25. The molecule has 3 rings (SSSR count). The fourth-order valence-corrected chi connectivity index (χ4v) is 3.71. The predicted molar refractivity (Wildman–Crippen MR) is 95.3 cm³/mol. The highest BCUT2D eigenvalue weighted by Crippen LogP contribution is 2.32. The number of aromatic nitrogens is 3. The summed E-state index contributed by atoms with van der Waals surface area (Å²) in [6.07, 6.45) is 2.32. The molecule has 1 unspecified atom stereocenters. The molecule has 2 aromatic heterocycles. The molecule has 0 saturated carbocycles. The van der Waals surface area contributed by atoms with Crippen molar-refractivity contribution in [1.29, 1.82) is 0 Å². The van der Waals surface area contributed by atoms with Gasteiger partial charge in [0.05, 0.1) is 28.9 Å². The third-order valence-corrected chi connectivity index (χ3v) is 5.04. The number of thiazole rings is 1. The van der Waals surface area contributed by atoms with E-state index in [9.17, 15) is 4.79 Å². The Hall–Kier alpha value is -2.02. The first-order valence-electron chi connectivity index (χ1n) is 8.17. The first-order chi connectivity index (χ1) is 11.4. The standard InChI is InChI=1S/C17H23N5OS/c1-11-18-14(9-16(19-11)21(3)4)15-6-5-7-22(15)17(23)8-13-10-24-12(2)20-13/h9-10,15H,5-8H2,1-4H3. The third-order valence-electron chi connectivity index (χ3n) is 4.22. The van der Waals surface area contributed by atoms with Gasteiger partial charge >= 0.3 is 0 Å². The van der Waals surface area contributed by atoms with Gasteiger partial charge in [-0.05, 0) is 26.7 Å². The molecule has 128 valence electrons. The van der Waals surface area contributed by atoms with Gasteiger partial charge in [-0.15, -0.1) is 11.3 Å². The summed E-state index contributed by atoms with van der Waals surface area (Å²) in [5.74, 6) is 1.75. The van der Waals surface area contributed by atoms with Gasteiger partial charge in [0.15, 0.2) is 0 Å². The zero-order chi connectivity index (χ0) is 17.3. The molecule has 7 heteroatoms. The van der Waals surface area contributed by atoms with E-state index in [0.29, 0.717) is 6.42 Å². The van der Waals surface area contributed by atoms with Crippen LogP contribution in [0.4, 0.5) is 5.82 Å². The van der Waals surface area contributed by atoms with E-state index in [1.54, 1.807) is 11.3 Å². The largest absolute Gasteiger partial charge is 0.363 e. The normalized spacial score (nSPS) is 17.3. The SMILES string of the molecule is Cc1nc(C2CCCN2C(=O)Cc2csc(C)n2)cc(N(C)C)n1. The number of likely N-dealkylation sites (tertiary alicyclic amines) is 1. The fourth-order valence-electron chi connectivity index (χ4n) is 3.09. The van der Waals surface area contributed by atoms with Gasteiger partial charge in [0.2, 0.25) is 5.91 Å². The predicted octanol–water partition coefficient (Wildman–Crippen LogP) is 2.52. The quantitative estimate of drug-likeness (QED) is 0.852. The van der Waals surface area contributed by atoms with Crippen LogP contribution in [0.5, 0.6) is 0 Å². The summed E-state index contributed by atoms with van der Waals surface area (Å²) in [6, 6.07) is 2.04. The second-order valence-electron chi connectivity index (χ2n) is 6.37. The Kier molecular flexibility index (Phi) is 4.80. The van der Waals surface area contributed by atoms with Crippen molar-refractivity contribution in [3.05, 3.63) is 33.7 Å². The molecule has 3 heterocycles. The lowest BCUT2D eigenvalue weighted by Crippen LogP contribution is -2.32. The molecule has 1 aliphatic heterocycles. The molecule has 1 atom stereocenters. The van der Waals surface area contributed by atoms with Gasteiger partial charge in [-0.1, -0.05) is 0 Å². The Labute approximate surface area is 146 Å². The van der Waals surface area contributed by atoms with E-state index < -0.39 is 0 Å². The van der Waals surface area contributed by atoms with Crippen molar-refractivity contribution in [2.24, 2.45) is 0 Å². The molecule has 1 amide bonds. The van der Waals surface area contributed by atoms with Crippen LogP contribution in [-0.2, 0) is 11.2 Å². The van der Waals surface area contributed by atoms with Gasteiger partial charge in [-0.3, -0.25) is 4.79 Å². The van der Waals surface area contributed by atoms with E-state index in [-0.39, 0.29) is 11.9 Å². The molecule has 2 aromatic rings. The van der Waals surface area contributed by atoms with Crippen LogP contribution in [0.25, 0.3) is 0 Å². The third kappa shape index (κ3) is 3.56. The van der Waals surface area contributed by atoms with Crippen LogP contribution in [0, 0.1) is 13.8 Å². The van der Waals surface area contributed by atoms with Crippen molar-refractivity contribution < 1.29 is 4.79 Å². The summed E-state index contributed by atoms with van der Waals surface area (Å²) in [6.45, 7) is 4.65. The smallest absolute Gasteiger partial charge is 0.229 e. The Morgan fingerprint density at radius 3 is 2.79 bits per heavy atom. The number of nitrogens with zero attached hydrogens (tertiary/aromatic N) is 5. The second kappa shape index (κ2) is 6.84. The van der Waals surface area contributed by atoms with Crippen molar-refractivity contribution in [1.82, 2.24) is 19.9 Å². The highest BCUT2D eigenvalue weighted by molar-refractivity contribution is 7.09. The van der Waals surface area contributed by atoms with E-state index in [0.717, 1.165) is 47.4 Å². The fraction of sp³-hybridized carbons (Fsp3) is 0.529. The zero-order valence-corrected chi connectivity index (χ0v) is 15.4. The van der Waals surface area contributed by atoms with Gasteiger partial charge < -0.3 is 9.80 Å². The van der Waals surface area contributed by atoms with Crippen LogP contribution in [0.1, 0.15) is 41.1 Å². The van der Waals surface area contributed by atoms with Gasteiger partial charge in [0.25, 0.3) is 0 Å². The van der Waals surface area contributed by atoms with Crippen molar-refractivity contribution in [3.63, 3.8) is 0 Å². The Morgan fingerprint density at radius 2 is 2.12 bits per heavy atom. The molecule has 24 heavy (non-hydrogen) atoms. The number of carbonyl (C=O) groups is 1. The molecule has 1 aliphatic rings. The van der Waals surface area contributed by atoms with Crippen LogP contribution < -0.4 is 4.90 Å². The van der Waals surface area contributed by atoms with Gasteiger partial charge in [0.1, 0.15) is 11.6 Å². The summed E-state index contributed by atoms with van der Waals surface area (Å²) in [7, 11) is 3.93. The lowest BCUT2D eigenvalue weighted by atomic mass is 10.1. The molecular weight excluding hydrogens is 322 g/mol. The van der Waals surface area contributed by atoms with Gasteiger partial charge in [-0.2, -0.15) is 0 Å². The first kappa shape index (κ1) is 16.8. The molecule has 0 N–H and O–H groups in total. The maximum atomic E-state index is 12.7. The number of carbonyl (C=O) groups excluding carboxylic acids is 1. The Balaban J connectivity index is 1.81. The number of amides is 1. The van der Waals surface area contributed by atoms with Crippen molar-refractivity contribution in [2.75, 3.05) is 25.5 Å². The number of anilines is 1. The van der Waals surface area contributed by atoms with E-state index >= 15 is 0 Å². The van der Waals surface area contributed by atoms with Gasteiger partial charge in [0, 0.05) is 32.1 Å². The summed E-state index contributed by atoms with van der Waals surface area (Å²) in [4.78, 5) is 30.1. The number of aryl methyl sites for hydroxylation is 2. The highest BCUT2D eigenvalue weighted by atomic mass is 32.1. The topological polar surface area (TPSA) is 62.2 Å². The van der Waals surface area contributed by atoms with Gasteiger partial charge in [-0.25, -0.2) is 15.0 Å². The monoisotopic (exact) mass is 345 g/mol. The van der Waals surface area contributed by atoms with Crippen LogP contribution in [0.15, 0.2) is 11.4 Å². The minimum atomic E-state index is 0.0395. The average molecular weight is 345 g/mol. The summed E-state index contributed by atoms with van der Waals surface area (Å²) in [5.41, 5.74) is 1.80. The Bertz CT molecular complexity index is 742. The van der Waals surface area contributed by atoms with Crippen LogP contribution in [0.3, 0.4) is 0 Å². The van der Waals surface area contributed by atoms with Crippen LogP contribution in [0.2, 0.25) is 0 Å². The Morgan fingerprint density at radius 1 is 1.33 bits per heavy atom. The van der Waals surface area contributed by atoms with Crippen molar-refractivity contribution >= 4 is 23.1 Å². The van der Waals surface area contributed by atoms with Crippen molar-refractivity contribution in [2.45, 2.75) is 39.2 Å².